The van der Waals surface area contributed by atoms with Crippen molar-refractivity contribution in [1.82, 2.24) is 5.32 Å². The van der Waals surface area contributed by atoms with Crippen LogP contribution in [0.1, 0.15) is 66.4 Å². The molecule has 184 valence electrons. The predicted octanol–water partition coefficient (Wildman–Crippen LogP) is 4.41. The summed E-state index contributed by atoms with van der Waals surface area (Å²) in [7, 11) is 0. The monoisotopic (exact) mass is 471 g/mol. The number of ether oxygens (including phenoxy) is 3. The minimum Gasteiger partial charge on any atom is -0.465 e. The fourth-order valence-electron chi connectivity index (χ4n) is 4.58. The van der Waals surface area contributed by atoms with Crippen LogP contribution in [0.3, 0.4) is 0 Å². The Morgan fingerprint density at radius 2 is 1.68 bits per heavy atom. The standard InChI is InChI=1S/C26H33NO7/c1-8-31-22(28)17-18-20(15-12-10-11-13-16(15)33-24(18)30)34-21(19(17)23(29)32-9-2)27-26(6,7)14-25(3,4)5/h10-13,17,27H,8-9,14H2,1-7H3. The summed E-state index contributed by atoms with van der Waals surface area (Å²) in [6.07, 6.45) is 0.720. The summed E-state index contributed by atoms with van der Waals surface area (Å²) in [6.45, 7) is 13.7. The van der Waals surface area contributed by atoms with Gasteiger partial charge in [0.25, 0.3) is 0 Å². The molecule has 2 heterocycles. The maximum absolute atomic E-state index is 13.2. The van der Waals surface area contributed by atoms with Crippen molar-refractivity contribution < 1.29 is 28.2 Å². The van der Waals surface area contributed by atoms with Crippen molar-refractivity contribution in [3.8, 4) is 5.75 Å². The number of fused-ring (bicyclic) bond motifs is 3. The zero-order valence-electron chi connectivity index (χ0n) is 20.9. The molecule has 0 saturated heterocycles. The maximum atomic E-state index is 13.2. The van der Waals surface area contributed by atoms with Crippen LogP contribution in [0.5, 0.6) is 5.75 Å². The molecule has 0 radical (unpaired) electrons. The van der Waals surface area contributed by atoms with Gasteiger partial charge in [-0.3, -0.25) is 4.79 Å². The van der Waals surface area contributed by atoms with Crippen molar-refractivity contribution in [2.45, 2.75) is 66.3 Å². The first-order chi connectivity index (χ1) is 15.9. The van der Waals surface area contributed by atoms with Crippen molar-refractivity contribution in [3.63, 3.8) is 0 Å². The van der Waals surface area contributed by atoms with E-state index in [9.17, 15) is 14.4 Å². The Hall–Kier alpha value is -3.29. The van der Waals surface area contributed by atoms with Crippen LogP contribution in [0.25, 0.3) is 11.0 Å². The molecular weight excluding hydrogens is 438 g/mol. The summed E-state index contributed by atoms with van der Waals surface area (Å²) < 4.78 is 22.2. The Bertz CT molecular complexity index is 1180. The number of carbonyl (C=O) groups is 2. The summed E-state index contributed by atoms with van der Waals surface area (Å²) in [5, 5.41) is 3.81. The number of hydrogen-bond donors (Lipinski definition) is 1. The molecule has 3 rings (SSSR count). The van der Waals surface area contributed by atoms with E-state index in [1.54, 1.807) is 38.1 Å². The minimum absolute atomic E-state index is 0.0397. The molecule has 1 unspecified atom stereocenters. The van der Waals surface area contributed by atoms with Gasteiger partial charge in [-0.1, -0.05) is 32.9 Å². The number of carbonyl (C=O) groups excluding carboxylic acids is 2. The first kappa shape index (κ1) is 25.3. The van der Waals surface area contributed by atoms with Gasteiger partial charge in [0.15, 0.2) is 5.75 Å². The molecule has 1 atom stereocenters. The molecule has 0 aliphatic carbocycles. The maximum Gasteiger partial charge on any atom is 0.344 e. The quantitative estimate of drug-likeness (QED) is 0.468. The third-order valence-corrected chi connectivity index (χ3v) is 5.27. The summed E-state index contributed by atoms with van der Waals surface area (Å²) in [4.78, 5) is 39.4. The molecule has 0 bridgehead atoms. The van der Waals surface area contributed by atoms with Crippen LogP contribution in [-0.2, 0) is 19.1 Å². The first-order valence-corrected chi connectivity index (χ1v) is 11.5. The number of nitrogens with one attached hydrogen (secondary N) is 1. The van der Waals surface area contributed by atoms with Gasteiger partial charge in [-0.25, -0.2) is 9.59 Å². The Morgan fingerprint density at radius 3 is 2.29 bits per heavy atom. The van der Waals surface area contributed by atoms with Gasteiger partial charge < -0.3 is 23.9 Å². The fourth-order valence-corrected chi connectivity index (χ4v) is 4.58. The Morgan fingerprint density at radius 1 is 1.03 bits per heavy atom. The lowest BCUT2D eigenvalue weighted by Gasteiger charge is -2.37. The number of hydrogen-bond acceptors (Lipinski definition) is 8. The van der Waals surface area contributed by atoms with Gasteiger partial charge in [0.05, 0.1) is 18.6 Å². The number of benzene rings is 1. The highest BCUT2D eigenvalue weighted by atomic mass is 16.5. The van der Waals surface area contributed by atoms with Crippen LogP contribution >= 0.6 is 0 Å². The molecule has 0 saturated carbocycles. The van der Waals surface area contributed by atoms with Gasteiger partial charge in [0.2, 0.25) is 5.88 Å². The predicted molar refractivity (Wildman–Crippen MR) is 127 cm³/mol. The van der Waals surface area contributed by atoms with E-state index in [0.29, 0.717) is 11.0 Å². The second-order valence-corrected chi connectivity index (χ2v) is 10.1. The lowest BCUT2D eigenvalue weighted by Crippen LogP contribution is -2.46. The Balaban J connectivity index is 2.30. The van der Waals surface area contributed by atoms with Crippen LogP contribution < -0.4 is 15.7 Å². The molecule has 1 aliphatic rings. The third-order valence-electron chi connectivity index (χ3n) is 5.27. The highest BCUT2D eigenvalue weighted by molar-refractivity contribution is 6.01. The zero-order valence-corrected chi connectivity index (χ0v) is 20.9. The average Bonchev–Trinajstić information content (AvgIpc) is 2.71. The topological polar surface area (TPSA) is 104 Å². The van der Waals surface area contributed by atoms with E-state index < -0.39 is 29.0 Å². The zero-order chi connectivity index (χ0) is 25.3. The summed E-state index contributed by atoms with van der Waals surface area (Å²) in [5.41, 5.74) is -1.24. The molecule has 1 aromatic carbocycles. The highest BCUT2D eigenvalue weighted by Gasteiger charge is 2.45. The normalized spacial score (nSPS) is 16.0. The molecule has 1 aromatic heterocycles. The molecule has 0 amide bonds. The fraction of sp³-hybridized carbons (Fsp3) is 0.500. The summed E-state index contributed by atoms with van der Waals surface area (Å²) in [5.74, 6) is -2.67. The summed E-state index contributed by atoms with van der Waals surface area (Å²) in [6, 6.07) is 6.87. The SMILES string of the molecule is CCOC(=O)C1=C(NC(C)(C)CC(C)(C)C)Oc2c(c(=O)oc3ccccc23)C1C(=O)OCC. The van der Waals surface area contributed by atoms with Crippen LogP contribution in [0.4, 0.5) is 0 Å². The molecule has 8 heteroatoms. The largest absolute Gasteiger partial charge is 0.465 e. The third kappa shape index (κ3) is 5.26. The average molecular weight is 472 g/mol. The highest BCUT2D eigenvalue weighted by Crippen LogP contribution is 2.43. The van der Waals surface area contributed by atoms with Crippen molar-refractivity contribution in [1.29, 1.82) is 0 Å². The van der Waals surface area contributed by atoms with Crippen LogP contribution in [-0.4, -0.2) is 30.7 Å². The van der Waals surface area contributed by atoms with E-state index in [2.05, 4.69) is 26.1 Å². The molecule has 0 fully saturated rings. The number of rotatable bonds is 7. The second-order valence-electron chi connectivity index (χ2n) is 10.1. The molecule has 2 aromatic rings. The molecular formula is C26H33NO7. The van der Waals surface area contributed by atoms with E-state index in [-0.39, 0.29) is 41.4 Å². The summed E-state index contributed by atoms with van der Waals surface area (Å²) >= 11 is 0. The molecule has 0 spiro atoms. The first-order valence-electron chi connectivity index (χ1n) is 11.5. The van der Waals surface area contributed by atoms with Crippen molar-refractivity contribution >= 4 is 22.9 Å². The van der Waals surface area contributed by atoms with E-state index in [0.717, 1.165) is 6.42 Å². The smallest absolute Gasteiger partial charge is 0.344 e. The lowest BCUT2D eigenvalue weighted by atomic mass is 9.81. The van der Waals surface area contributed by atoms with E-state index >= 15 is 0 Å². The molecule has 1 aliphatic heterocycles. The number of para-hydroxylation sites is 1. The Kier molecular flexibility index (Phi) is 7.10. The van der Waals surface area contributed by atoms with Gasteiger partial charge >= 0.3 is 17.6 Å². The molecule has 8 nitrogen and oxygen atoms in total. The van der Waals surface area contributed by atoms with Gasteiger partial charge in [-0.2, -0.15) is 0 Å². The minimum atomic E-state index is -1.36. The van der Waals surface area contributed by atoms with Crippen LogP contribution in [0, 0.1) is 5.41 Å². The Labute approximate surface area is 199 Å². The van der Waals surface area contributed by atoms with Gasteiger partial charge in [0, 0.05) is 5.54 Å². The second kappa shape index (κ2) is 9.52. The lowest BCUT2D eigenvalue weighted by molar-refractivity contribution is -0.148. The van der Waals surface area contributed by atoms with Crippen molar-refractivity contribution in [2.24, 2.45) is 5.41 Å². The number of esters is 2. The van der Waals surface area contributed by atoms with Crippen molar-refractivity contribution in [3.05, 3.63) is 51.7 Å². The van der Waals surface area contributed by atoms with Gasteiger partial charge in [-0.05, 0) is 51.7 Å². The molecule has 34 heavy (non-hydrogen) atoms. The van der Waals surface area contributed by atoms with Gasteiger partial charge in [0.1, 0.15) is 22.6 Å². The van der Waals surface area contributed by atoms with Crippen LogP contribution in [0.15, 0.2) is 44.9 Å². The van der Waals surface area contributed by atoms with Gasteiger partial charge in [-0.15, -0.1) is 0 Å². The van der Waals surface area contributed by atoms with E-state index in [4.69, 9.17) is 18.6 Å². The van der Waals surface area contributed by atoms with Crippen molar-refractivity contribution in [2.75, 3.05) is 13.2 Å². The van der Waals surface area contributed by atoms with E-state index in [1.807, 2.05) is 13.8 Å². The molecule has 1 N–H and O–H groups in total. The van der Waals surface area contributed by atoms with Crippen LogP contribution in [0.2, 0.25) is 0 Å². The van der Waals surface area contributed by atoms with E-state index in [1.165, 1.54) is 0 Å².